The largest absolute Gasteiger partial charge is 0.497 e. The highest BCUT2D eigenvalue weighted by Gasteiger charge is 2.47. The molecule has 2 bridgehead atoms. The summed E-state index contributed by atoms with van der Waals surface area (Å²) in [6.45, 7) is 0. The van der Waals surface area contributed by atoms with Gasteiger partial charge in [-0.1, -0.05) is 30.4 Å². The van der Waals surface area contributed by atoms with E-state index in [1.807, 2.05) is 30.6 Å². The van der Waals surface area contributed by atoms with Crippen molar-refractivity contribution in [3.05, 3.63) is 72.1 Å². The lowest BCUT2D eigenvalue weighted by atomic mass is 9.90. The summed E-state index contributed by atoms with van der Waals surface area (Å²) in [5, 5.41) is 3.81. The number of nitrogens with one attached hydrogen (secondary N) is 1. The van der Waals surface area contributed by atoms with Crippen molar-refractivity contribution in [3.8, 4) is 5.75 Å². The minimum absolute atomic E-state index is 0.0442. The number of aromatic nitrogens is 1. The maximum Gasteiger partial charge on any atom is 0.118 e. The van der Waals surface area contributed by atoms with Crippen LogP contribution >= 0.6 is 0 Å². The van der Waals surface area contributed by atoms with E-state index in [0.717, 1.165) is 12.2 Å². The van der Waals surface area contributed by atoms with E-state index in [0.29, 0.717) is 12.0 Å². The average molecular weight is 278 g/mol. The van der Waals surface area contributed by atoms with Crippen molar-refractivity contribution in [2.75, 3.05) is 7.11 Å². The number of nitrogens with zero attached hydrogens (tertiary/aromatic N) is 1. The lowest BCUT2D eigenvalue weighted by molar-refractivity contribution is 0.413. The molecular weight excluding hydrogens is 260 g/mol. The van der Waals surface area contributed by atoms with Gasteiger partial charge < -0.3 is 4.74 Å². The summed E-state index contributed by atoms with van der Waals surface area (Å²) in [6, 6.07) is 12.9. The normalized spacial score (nSPS) is 29.8. The van der Waals surface area contributed by atoms with E-state index in [2.05, 4.69) is 40.7 Å². The van der Waals surface area contributed by atoms with Crippen LogP contribution in [0.3, 0.4) is 0 Å². The van der Waals surface area contributed by atoms with Gasteiger partial charge in [0.05, 0.1) is 12.6 Å². The Morgan fingerprint density at radius 2 is 2.10 bits per heavy atom. The number of methoxy groups -OCH3 is 1. The Balaban J connectivity index is 1.66. The smallest absolute Gasteiger partial charge is 0.118 e. The molecule has 3 nitrogen and oxygen atoms in total. The van der Waals surface area contributed by atoms with Gasteiger partial charge in [0.15, 0.2) is 0 Å². The summed E-state index contributed by atoms with van der Waals surface area (Å²) in [7, 11) is 1.70. The van der Waals surface area contributed by atoms with Crippen LogP contribution in [0.1, 0.15) is 23.6 Å². The number of rotatable bonds is 3. The Morgan fingerprint density at radius 3 is 2.81 bits per heavy atom. The molecule has 1 aliphatic heterocycles. The van der Waals surface area contributed by atoms with Crippen molar-refractivity contribution in [1.29, 1.82) is 0 Å². The van der Waals surface area contributed by atoms with Crippen LogP contribution in [0.5, 0.6) is 5.75 Å². The van der Waals surface area contributed by atoms with Crippen molar-refractivity contribution in [3.63, 3.8) is 0 Å². The van der Waals surface area contributed by atoms with Crippen molar-refractivity contribution >= 4 is 0 Å². The highest BCUT2D eigenvalue weighted by molar-refractivity contribution is 5.41. The summed E-state index contributed by atoms with van der Waals surface area (Å²) in [5.74, 6) is 1.44. The summed E-state index contributed by atoms with van der Waals surface area (Å²) in [4.78, 5) is 4.25. The van der Waals surface area contributed by atoms with Gasteiger partial charge in [-0.05, 0) is 41.7 Å². The molecule has 1 aromatic heterocycles. The van der Waals surface area contributed by atoms with Gasteiger partial charge in [0.2, 0.25) is 0 Å². The van der Waals surface area contributed by atoms with Gasteiger partial charge in [0.1, 0.15) is 5.75 Å². The maximum atomic E-state index is 5.25. The Morgan fingerprint density at radius 1 is 1.24 bits per heavy atom. The van der Waals surface area contributed by atoms with Crippen LogP contribution in [-0.4, -0.2) is 12.1 Å². The first-order valence-corrected chi connectivity index (χ1v) is 7.32. The number of ether oxygens (including phenoxy) is 1. The minimum atomic E-state index is -0.0442. The predicted octanol–water partition coefficient (Wildman–Crippen LogP) is 3.21. The second kappa shape index (κ2) is 4.71. The van der Waals surface area contributed by atoms with Crippen LogP contribution in [0, 0.1) is 5.92 Å². The van der Waals surface area contributed by atoms with Gasteiger partial charge in [-0.3, -0.25) is 10.3 Å². The molecule has 1 aromatic carbocycles. The first kappa shape index (κ1) is 12.6. The maximum absolute atomic E-state index is 5.25. The van der Waals surface area contributed by atoms with E-state index in [1.54, 1.807) is 7.11 Å². The quantitative estimate of drug-likeness (QED) is 0.875. The predicted molar refractivity (Wildman–Crippen MR) is 82.0 cm³/mol. The molecule has 21 heavy (non-hydrogen) atoms. The molecule has 1 aliphatic carbocycles. The lowest BCUT2D eigenvalue weighted by Gasteiger charge is -2.29. The van der Waals surface area contributed by atoms with E-state index >= 15 is 0 Å². The number of benzene rings is 1. The van der Waals surface area contributed by atoms with Crippen LogP contribution in [0.15, 0.2) is 60.9 Å². The molecule has 2 aromatic rings. The van der Waals surface area contributed by atoms with Gasteiger partial charge >= 0.3 is 0 Å². The molecule has 2 heterocycles. The number of hydrogen-bond donors (Lipinski definition) is 1. The molecule has 3 atom stereocenters. The molecule has 4 rings (SSSR count). The zero-order chi connectivity index (χ0) is 14.3. The number of pyridine rings is 1. The Labute approximate surface area is 124 Å². The number of hydrogen-bond acceptors (Lipinski definition) is 3. The fraction of sp³-hybridized carbons (Fsp3) is 0.278. The molecule has 0 radical (unpaired) electrons. The van der Waals surface area contributed by atoms with E-state index in [-0.39, 0.29) is 5.54 Å². The van der Waals surface area contributed by atoms with E-state index < -0.39 is 0 Å². The van der Waals surface area contributed by atoms with Crippen LogP contribution in [0.4, 0.5) is 0 Å². The molecule has 106 valence electrons. The van der Waals surface area contributed by atoms with Crippen molar-refractivity contribution in [1.82, 2.24) is 10.3 Å². The zero-order valence-corrected chi connectivity index (χ0v) is 12.0. The van der Waals surface area contributed by atoms with Crippen LogP contribution in [-0.2, 0) is 5.54 Å². The van der Waals surface area contributed by atoms with Crippen LogP contribution in [0.2, 0.25) is 0 Å². The summed E-state index contributed by atoms with van der Waals surface area (Å²) < 4.78 is 5.25. The Bertz CT molecular complexity index is 665. The standard InChI is InChI=1S/C18H18N2O/c1-21-16-6-4-15(5-7-16)18-9-8-13(11-18)17(20-18)14-3-2-10-19-12-14/h2-10,12-13,17,20H,11H2,1H3. The molecule has 1 saturated heterocycles. The third kappa shape index (κ3) is 1.96. The lowest BCUT2D eigenvalue weighted by Crippen LogP contribution is -2.36. The molecule has 0 amide bonds. The topological polar surface area (TPSA) is 34.1 Å². The zero-order valence-electron chi connectivity index (χ0n) is 12.0. The van der Waals surface area contributed by atoms with E-state index in [1.165, 1.54) is 11.1 Å². The average Bonchev–Trinajstić information content (AvgIpc) is 3.15. The van der Waals surface area contributed by atoms with Crippen molar-refractivity contribution in [2.24, 2.45) is 5.92 Å². The van der Waals surface area contributed by atoms with Crippen molar-refractivity contribution in [2.45, 2.75) is 18.0 Å². The molecule has 0 saturated carbocycles. The van der Waals surface area contributed by atoms with Gasteiger partial charge in [-0.25, -0.2) is 0 Å². The van der Waals surface area contributed by atoms with Gasteiger partial charge in [-0.2, -0.15) is 0 Å². The monoisotopic (exact) mass is 278 g/mol. The first-order chi connectivity index (χ1) is 10.3. The molecule has 0 spiro atoms. The highest BCUT2D eigenvalue weighted by Crippen LogP contribution is 2.49. The SMILES string of the molecule is COc1ccc(C23C=CC(C2)C(c2cccnc2)N3)cc1. The second-order valence-corrected chi connectivity index (χ2v) is 5.84. The second-order valence-electron chi connectivity index (χ2n) is 5.84. The Kier molecular flexibility index (Phi) is 2.82. The molecule has 1 N–H and O–H groups in total. The van der Waals surface area contributed by atoms with Gasteiger partial charge in [0.25, 0.3) is 0 Å². The van der Waals surface area contributed by atoms with Gasteiger partial charge in [-0.15, -0.1) is 0 Å². The molecule has 2 aliphatic rings. The summed E-state index contributed by atoms with van der Waals surface area (Å²) in [5.41, 5.74) is 2.52. The Hall–Kier alpha value is -2.13. The molecular formula is C18H18N2O. The van der Waals surface area contributed by atoms with E-state index in [4.69, 9.17) is 4.74 Å². The number of fused-ring (bicyclic) bond motifs is 2. The van der Waals surface area contributed by atoms with Crippen LogP contribution < -0.4 is 10.1 Å². The summed E-state index contributed by atoms with van der Waals surface area (Å²) in [6.07, 6.45) is 9.56. The van der Waals surface area contributed by atoms with Crippen LogP contribution in [0.25, 0.3) is 0 Å². The molecule has 1 fully saturated rings. The third-order valence-corrected chi connectivity index (χ3v) is 4.68. The van der Waals surface area contributed by atoms with Gasteiger partial charge in [0, 0.05) is 18.4 Å². The molecule has 3 heteroatoms. The highest BCUT2D eigenvalue weighted by atomic mass is 16.5. The molecule has 3 unspecified atom stereocenters. The van der Waals surface area contributed by atoms with Crippen molar-refractivity contribution < 1.29 is 4.74 Å². The third-order valence-electron chi connectivity index (χ3n) is 4.68. The minimum Gasteiger partial charge on any atom is -0.497 e. The first-order valence-electron chi connectivity index (χ1n) is 7.32. The fourth-order valence-electron chi connectivity index (χ4n) is 3.59. The van der Waals surface area contributed by atoms with E-state index in [9.17, 15) is 0 Å². The fourth-order valence-corrected chi connectivity index (χ4v) is 3.59. The summed E-state index contributed by atoms with van der Waals surface area (Å²) >= 11 is 0.